The van der Waals surface area contributed by atoms with E-state index in [1.54, 1.807) is 30.5 Å². The highest BCUT2D eigenvalue weighted by molar-refractivity contribution is 5.97. The summed E-state index contributed by atoms with van der Waals surface area (Å²) in [6.07, 6.45) is 5.51. The number of amides is 1. The molecular formula is C23H24F2N2O2. The number of unbranched alkanes of at least 4 members (excludes halogenated alkanes) is 3. The van der Waals surface area contributed by atoms with E-state index in [0.717, 1.165) is 42.7 Å². The zero-order valence-electron chi connectivity index (χ0n) is 16.4. The third kappa shape index (κ3) is 5.28. The van der Waals surface area contributed by atoms with Crippen LogP contribution in [0.4, 0.5) is 8.78 Å². The molecule has 29 heavy (non-hydrogen) atoms. The molecule has 0 bridgehead atoms. The lowest BCUT2D eigenvalue weighted by molar-refractivity contribution is 0.0950. The molecule has 1 heterocycles. The van der Waals surface area contributed by atoms with Crippen molar-refractivity contribution < 1.29 is 18.3 Å². The fourth-order valence-electron chi connectivity index (χ4n) is 3.04. The van der Waals surface area contributed by atoms with E-state index in [1.165, 1.54) is 6.07 Å². The van der Waals surface area contributed by atoms with Crippen molar-refractivity contribution in [2.24, 2.45) is 0 Å². The summed E-state index contributed by atoms with van der Waals surface area (Å²) in [4.78, 5) is 16.7. The Bertz CT molecular complexity index is 992. The number of pyridine rings is 1. The number of rotatable bonds is 9. The van der Waals surface area contributed by atoms with Gasteiger partial charge in [-0.2, -0.15) is 0 Å². The maximum Gasteiger partial charge on any atom is 0.251 e. The number of carbonyl (C=O) groups is 1. The molecule has 0 aliphatic heterocycles. The average molecular weight is 398 g/mol. The predicted octanol–water partition coefficient (Wildman–Crippen LogP) is 5.40. The second kappa shape index (κ2) is 9.96. The van der Waals surface area contributed by atoms with Crippen molar-refractivity contribution >= 4 is 16.8 Å². The highest BCUT2D eigenvalue weighted by Gasteiger charge is 2.16. The Balaban J connectivity index is 1.64. The molecule has 0 atom stereocenters. The van der Waals surface area contributed by atoms with Crippen LogP contribution >= 0.6 is 0 Å². The molecule has 3 rings (SSSR count). The van der Waals surface area contributed by atoms with Gasteiger partial charge in [0, 0.05) is 29.3 Å². The second-order valence-electron chi connectivity index (χ2n) is 6.85. The molecule has 0 aliphatic carbocycles. The summed E-state index contributed by atoms with van der Waals surface area (Å²) < 4.78 is 33.9. The van der Waals surface area contributed by atoms with Crippen LogP contribution in [0.2, 0.25) is 0 Å². The molecule has 3 aromatic rings. The van der Waals surface area contributed by atoms with Gasteiger partial charge in [-0.3, -0.25) is 9.78 Å². The van der Waals surface area contributed by atoms with Crippen LogP contribution in [0.5, 0.6) is 5.75 Å². The molecule has 0 saturated heterocycles. The fraction of sp³-hybridized carbons (Fsp3) is 0.304. The fourth-order valence-corrected chi connectivity index (χ4v) is 3.04. The lowest BCUT2D eigenvalue weighted by atomic mass is 10.1. The zero-order valence-corrected chi connectivity index (χ0v) is 16.4. The largest absolute Gasteiger partial charge is 0.488 e. The van der Waals surface area contributed by atoms with Gasteiger partial charge < -0.3 is 10.1 Å². The number of benzene rings is 2. The van der Waals surface area contributed by atoms with E-state index in [0.29, 0.717) is 5.56 Å². The first-order valence-electron chi connectivity index (χ1n) is 9.82. The van der Waals surface area contributed by atoms with Crippen molar-refractivity contribution in [3.63, 3.8) is 0 Å². The molecule has 152 valence electrons. The van der Waals surface area contributed by atoms with Gasteiger partial charge in [0.2, 0.25) is 0 Å². The predicted molar refractivity (Wildman–Crippen MR) is 109 cm³/mol. The van der Waals surface area contributed by atoms with Gasteiger partial charge in [-0.25, -0.2) is 8.78 Å². The lowest BCUT2D eigenvalue weighted by Gasteiger charge is -2.12. The van der Waals surface area contributed by atoms with Gasteiger partial charge in [0.15, 0.2) is 17.4 Å². The number of ether oxygens (including phenoxy) is 1. The van der Waals surface area contributed by atoms with Gasteiger partial charge in [0.05, 0.1) is 12.1 Å². The summed E-state index contributed by atoms with van der Waals surface area (Å²) in [5.74, 6) is -2.25. The van der Waals surface area contributed by atoms with Gasteiger partial charge in [0.1, 0.15) is 0 Å². The molecule has 6 heteroatoms. The topological polar surface area (TPSA) is 51.2 Å². The van der Waals surface area contributed by atoms with Crippen molar-refractivity contribution in [1.29, 1.82) is 0 Å². The Morgan fingerprint density at radius 2 is 1.97 bits per heavy atom. The lowest BCUT2D eigenvalue weighted by Crippen LogP contribution is -2.23. The Kier molecular flexibility index (Phi) is 7.11. The second-order valence-corrected chi connectivity index (χ2v) is 6.85. The first-order chi connectivity index (χ1) is 14.1. The normalized spacial score (nSPS) is 10.9. The highest BCUT2D eigenvalue weighted by atomic mass is 19.1. The van der Waals surface area contributed by atoms with Crippen molar-refractivity contribution in [3.05, 3.63) is 71.4 Å². The molecule has 0 aliphatic rings. The maximum absolute atomic E-state index is 14.6. The number of hydrogen-bond donors (Lipinski definition) is 1. The summed E-state index contributed by atoms with van der Waals surface area (Å²) in [6.45, 7) is 2.28. The van der Waals surface area contributed by atoms with Crippen LogP contribution in [0.3, 0.4) is 0 Å². The SMILES string of the molecule is CCCCCCOc1c(F)ccc(CNC(=O)c2ccc3ncccc3c2)c1F. The van der Waals surface area contributed by atoms with Gasteiger partial charge in [0.25, 0.3) is 5.91 Å². The number of carbonyl (C=O) groups excluding carboxylic acids is 1. The zero-order chi connectivity index (χ0) is 20.6. The van der Waals surface area contributed by atoms with Crippen LogP contribution in [-0.2, 0) is 6.54 Å². The molecule has 2 aromatic carbocycles. The van der Waals surface area contributed by atoms with E-state index >= 15 is 0 Å². The number of nitrogens with one attached hydrogen (secondary N) is 1. The number of halogens is 2. The van der Waals surface area contributed by atoms with Crippen molar-refractivity contribution in [2.45, 2.75) is 39.2 Å². The minimum Gasteiger partial charge on any atom is -0.488 e. The maximum atomic E-state index is 14.6. The Hall–Kier alpha value is -3.02. The molecule has 1 aromatic heterocycles. The summed E-state index contributed by atoms with van der Waals surface area (Å²) in [5.41, 5.74) is 1.40. The molecule has 4 nitrogen and oxygen atoms in total. The summed E-state index contributed by atoms with van der Waals surface area (Å²) in [7, 11) is 0. The molecule has 0 saturated carbocycles. The molecule has 1 amide bonds. The van der Waals surface area contributed by atoms with Crippen LogP contribution in [0, 0.1) is 11.6 Å². The summed E-state index contributed by atoms with van der Waals surface area (Å²) in [5, 5.41) is 3.51. The van der Waals surface area contributed by atoms with Gasteiger partial charge in [-0.05, 0) is 36.8 Å². The standard InChI is InChI=1S/C23H24F2N2O2/c1-2-3-4-5-13-29-22-19(24)10-8-18(21(22)25)15-27-23(28)17-9-11-20-16(14-17)7-6-12-26-20/h6-12,14H,2-5,13,15H2,1H3,(H,27,28). The van der Waals surface area contributed by atoms with Gasteiger partial charge >= 0.3 is 0 Å². The number of nitrogens with zero attached hydrogens (tertiary/aromatic N) is 1. The molecule has 0 unspecified atom stereocenters. The first-order valence-corrected chi connectivity index (χ1v) is 9.82. The molecule has 1 N–H and O–H groups in total. The quantitative estimate of drug-likeness (QED) is 0.491. The van der Waals surface area contributed by atoms with Crippen LogP contribution in [-0.4, -0.2) is 17.5 Å². The summed E-state index contributed by atoms with van der Waals surface area (Å²) in [6, 6.07) is 11.3. The molecule has 0 fully saturated rings. The number of fused-ring (bicyclic) bond motifs is 1. The molecule has 0 spiro atoms. The van der Waals surface area contributed by atoms with E-state index < -0.39 is 11.6 Å². The van der Waals surface area contributed by atoms with Crippen molar-refractivity contribution in [2.75, 3.05) is 6.61 Å². The van der Waals surface area contributed by atoms with E-state index in [2.05, 4.69) is 17.2 Å². The third-order valence-corrected chi connectivity index (χ3v) is 4.68. The van der Waals surface area contributed by atoms with E-state index in [1.807, 2.05) is 6.07 Å². The number of aromatic nitrogens is 1. The van der Waals surface area contributed by atoms with Crippen molar-refractivity contribution in [1.82, 2.24) is 10.3 Å². The highest BCUT2D eigenvalue weighted by Crippen LogP contribution is 2.25. The Labute approximate surface area is 168 Å². The van der Waals surface area contributed by atoms with Crippen LogP contribution < -0.4 is 10.1 Å². The van der Waals surface area contributed by atoms with Gasteiger partial charge in [-0.15, -0.1) is 0 Å². The van der Waals surface area contributed by atoms with Crippen LogP contribution in [0.15, 0.2) is 48.7 Å². The Morgan fingerprint density at radius 1 is 1.10 bits per heavy atom. The van der Waals surface area contributed by atoms with Gasteiger partial charge in [-0.1, -0.05) is 38.3 Å². The van der Waals surface area contributed by atoms with Crippen LogP contribution in [0.1, 0.15) is 48.5 Å². The number of hydrogen-bond acceptors (Lipinski definition) is 3. The smallest absolute Gasteiger partial charge is 0.251 e. The van der Waals surface area contributed by atoms with E-state index in [4.69, 9.17) is 4.74 Å². The minimum atomic E-state index is -0.775. The Morgan fingerprint density at radius 3 is 2.79 bits per heavy atom. The van der Waals surface area contributed by atoms with E-state index in [9.17, 15) is 13.6 Å². The first kappa shape index (κ1) is 20.7. The van der Waals surface area contributed by atoms with Crippen molar-refractivity contribution in [3.8, 4) is 5.75 Å². The van der Waals surface area contributed by atoms with E-state index in [-0.39, 0.29) is 30.4 Å². The molecule has 0 radical (unpaired) electrons. The van der Waals surface area contributed by atoms with Crippen LogP contribution in [0.25, 0.3) is 10.9 Å². The average Bonchev–Trinajstić information content (AvgIpc) is 2.74. The third-order valence-electron chi connectivity index (χ3n) is 4.68. The summed E-state index contributed by atoms with van der Waals surface area (Å²) >= 11 is 0. The minimum absolute atomic E-state index is 0.0672. The monoisotopic (exact) mass is 398 g/mol. The molecular weight excluding hydrogens is 374 g/mol.